The van der Waals surface area contributed by atoms with Crippen molar-refractivity contribution in [2.45, 2.75) is 56.9 Å². The van der Waals surface area contributed by atoms with Gasteiger partial charge in [0, 0.05) is 13.1 Å². The summed E-state index contributed by atoms with van der Waals surface area (Å²) in [5, 5.41) is 0. The zero-order chi connectivity index (χ0) is 30.8. The molecule has 7 nitrogen and oxygen atoms in total. The molecule has 0 bridgehead atoms. The first-order valence-corrected chi connectivity index (χ1v) is 15.7. The largest absolute Gasteiger partial charge is 0.497 e. The highest BCUT2D eigenvalue weighted by Crippen LogP contribution is 2.36. The molecule has 43 heavy (non-hydrogen) atoms. The molecule has 1 saturated heterocycles. The maximum absolute atomic E-state index is 14.0. The van der Waals surface area contributed by atoms with Crippen LogP contribution < -0.4 is 14.9 Å². The van der Waals surface area contributed by atoms with Crippen LogP contribution in [0, 0.1) is 0 Å². The molecular weight excluding hydrogens is 561 g/mol. The fourth-order valence-corrected chi connectivity index (χ4v) is 6.29. The van der Waals surface area contributed by atoms with Gasteiger partial charge in [0.1, 0.15) is 11.5 Å². The van der Waals surface area contributed by atoms with Gasteiger partial charge >= 0.3 is 7.12 Å². The first-order chi connectivity index (χ1) is 20.4. The fourth-order valence-electron chi connectivity index (χ4n) is 4.88. The Kier molecular flexibility index (Phi) is 8.72. The molecule has 0 atom stereocenters. The van der Waals surface area contributed by atoms with Crippen molar-refractivity contribution >= 4 is 22.6 Å². The molecule has 1 aliphatic heterocycles. The number of methoxy groups -OCH3 is 2. The summed E-state index contributed by atoms with van der Waals surface area (Å²) in [4.78, 5) is 0.229. The summed E-state index contributed by atoms with van der Waals surface area (Å²) in [6, 6.07) is 29.9. The molecule has 4 aromatic rings. The van der Waals surface area contributed by atoms with E-state index in [0.29, 0.717) is 11.5 Å². The van der Waals surface area contributed by atoms with Crippen LogP contribution in [0.5, 0.6) is 11.5 Å². The smallest absolute Gasteiger partial charge is 0.494 e. The van der Waals surface area contributed by atoms with Crippen LogP contribution in [0.25, 0.3) is 11.1 Å². The average molecular weight is 600 g/mol. The zero-order valence-corrected chi connectivity index (χ0v) is 26.4. The van der Waals surface area contributed by atoms with E-state index in [2.05, 4.69) is 0 Å². The summed E-state index contributed by atoms with van der Waals surface area (Å²) in [5.41, 5.74) is 3.72. The van der Waals surface area contributed by atoms with E-state index in [-0.39, 0.29) is 18.0 Å². The number of sulfonamides is 1. The van der Waals surface area contributed by atoms with Crippen LogP contribution in [0.2, 0.25) is 0 Å². The lowest BCUT2D eigenvalue weighted by molar-refractivity contribution is 0.00578. The number of nitrogens with zero attached hydrogens (tertiary/aromatic N) is 1. The second-order valence-electron chi connectivity index (χ2n) is 11.7. The van der Waals surface area contributed by atoms with Crippen molar-refractivity contribution in [2.24, 2.45) is 0 Å². The van der Waals surface area contributed by atoms with Crippen molar-refractivity contribution in [3.8, 4) is 22.6 Å². The maximum Gasteiger partial charge on any atom is 0.494 e. The highest BCUT2D eigenvalue weighted by atomic mass is 32.2. The van der Waals surface area contributed by atoms with E-state index in [9.17, 15) is 8.42 Å². The van der Waals surface area contributed by atoms with Crippen molar-refractivity contribution in [3.63, 3.8) is 0 Å². The quantitative estimate of drug-likeness (QED) is 0.206. The van der Waals surface area contributed by atoms with E-state index in [4.69, 9.17) is 18.8 Å². The van der Waals surface area contributed by atoms with E-state index in [1.807, 2.05) is 113 Å². The Hall–Kier alpha value is -3.63. The van der Waals surface area contributed by atoms with Gasteiger partial charge in [-0.05, 0) is 91.8 Å². The molecule has 1 heterocycles. The third-order valence-electron chi connectivity index (χ3n) is 8.30. The third kappa shape index (κ3) is 6.65. The summed E-state index contributed by atoms with van der Waals surface area (Å²) in [6.45, 7) is 8.55. The lowest BCUT2D eigenvalue weighted by atomic mass is 9.78. The Morgan fingerprint density at radius 1 is 0.628 bits per heavy atom. The molecule has 1 fully saturated rings. The molecule has 0 spiro atoms. The number of hydrogen-bond donors (Lipinski definition) is 0. The Balaban J connectivity index is 1.37. The Bertz CT molecular complexity index is 1570. The number of ether oxygens (including phenoxy) is 2. The summed E-state index contributed by atoms with van der Waals surface area (Å²) in [6.07, 6.45) is 0. The van der Waals surface area contributed by atoms with Gasteiger partial charge < -0.3 is 18.8 Å². The van der Waals surface area contributed by atoms with E-state index >= 15 is 0 Å². The summed E-state index contributed by atoms with van der Waals surface area (Å²) in [7, 11) is -1.06. The predicted octanol–water partition coefficient (Wildman–Crippen LogP) is 6.06. The van der Waals surface area contributed by atoms with Crippen molar-refractivity contribution in [1.82, 2.24) is 4.31 Å². The fraction of sp³-hybridized carbons (Fsp3) is 0.294. The summed E-state index contributed by atoms with van der Waals surface area (Å²) >= 11 is 0. The monoisotopic (exact) mass is 599 g/mol. The van der Waals surface area contributed by atoms with E-state index in [0.717, 1.165) is 27.7 Å². The minimum absolute atomic E-state index is 0.209. The molecule has 0 aromatic heterocycles. The van der Waals surface area contributed by atoms with E-state index in [1.165, 1.54) is 4.31 Å². The first-order valence-electron chi connectivity index (χ1n) is 14.2. The molecule has 5 rings (SSSR count). The van der Waals surface area contributed by atoms with Crippen molar-refractivity contribution in [2.75, 3.05) is 14.2 Å². The summed E-state index contributed by atoms with van der Waals surface area (Å²) in [5.74, 6) is 1.43. The van der Waals surface area contributed by atoms with Crippen molar-refractivity contribution < 1.29 is 27.2 Å². The molecule has 0 N–H and O–H groups in total. The standard InChI is InChI=1S/C34H38BNO6S/c1-33(2)34(3,4)42-35(41-33)29-15-11-27(12-16-29)28-13-21-32(22-14-28)43(37,38)36(23-25-7-17-30(39-5)18-8-25)24-26-9-19-31(40-6)20-10-26/h7-22H,23-24H2,1-6H3. The van der Waals surface area contributed by atoms with Gasteiger partial charge in [-0.3, -0.25) is 0 Å². The van der Waals surface area contributed by atoms with Crippen LogP contribution in [0.15, 0.2) is 102 Å². The normalized spacial score (nSPS) is 15.9. The average Bonchev–Trinajstić information content (AvgIpc) is 3.23. The van der Waals surface area contributed by atoms with Gasteiger partial charge in [-0.1, -0.05) is 60.7 Å². The number of benzene rings is 4. The minimum Gasteiger partial charge on any atom is -0.497 e. The SMILES string of the molecule is COc1ccc(CN(Cc2ccc(OC)cc2)S(=O)(=O)c2ccc(-c3ccc(B4OC(C)(C)C(C)(C)O4)cc3)cc2)cc1. The van der Waals surface area contributed by atoms with Gasteiger partial charge in [-0.2, -0.15) is 4.31 Å². The van der Waals surface area contributed by atoms with Gasteiger partial charge in [-0.25, -0.2) is 8.42 Å². The number of hydrogen-bond acceptors (Lipinski definition) is 6. The van der Waals surface area contributed by atoms with Gasteiger partial charge in [0.2, 0.25) is 10.0 Å². The van der Waals surface area contributed by atoms with Crippen molar-refractivity contribution in [1.29, 1.82) is 0 Å². The molecule has 1 aliphatic rings. The molecule has 224 valence electrons. The van der Waals surface area contributed by atoms with Gasteiger partial charge in [-0.15, -0.1) is 0 Å². The first kappa shape index (κ1) is 30.8. The lowest BCUT2D eigenvalue weighted by Gasteiger charge is -2.32. The van der Waals surface area contributed by atoms with Crippen LogP contribution in [0.1, 0.15) is 38.8 Å². The van der Waals surface area contributed by atoms with Gasteiger partial charge in [0.25, 0.3) is 0 Å². The van der Waals surface area contributed by atoms with Crippen LogP contribution in [0.3, 0.4) is 0 Å². The third-order valence-corrected chi connectivity index (χ3v) is 10.1. The minimum atomic E-state index is -3.83. The molecular formula is C34H38BNO6S. The predicted molar refractivity (Wildman–Crippen MR) is 170 cm³/mol. The Morgan fingerprint density at radius 2 is 1.02 bits per heavy atom. The molecule has 0 aliphatic carbocycles. The van der Waals surface area contributed by atoms with Crippen LogP contribution in [-0.2, 0) is 32.4 Å². The highest BCUT2D eigenvalue weighted by Gasteiger charge is 2.51. The summed E-state index contributed by atoms with van der Waals surface area (Å²) < 4.78 is 52.3. The maximum atomic E-state index is 14.0. The molecule has 0 unspecified atom stereocenters. The molecule has 0 amide bonds. The molecule has 0 radical (unpaired) electrons. The van der Waals surface area contributed by atoms with Gasteiger partial charge in [0.05, 0.1) is 30.3 Å². The van der Waals surface area contributed by atoms with Crippen LogP contribution in [0.4, 0.5) is 0 Å². The second-order valence-corrected chi connectivity index (χ2v) is 13.6. The van der Waals surface area contributed by atoms with Crippen molar-refractivity contribution in [3.05, 3.63) is 108 Å². The van der Waals surface area contributed by atoms with Crippen LogP contribution in [-0.4, -0.2) is 45.3 Å². The molecule has 9 heteroatoms. The Labute approximate surface area is 255 Å². The lowest BCUT2D eigenvalue weighted by Crippen LogP contribution is -2.41. The molecule has 4 aromatic carbocycles. The van der Waals surface area contributed by atoms with Gasteiger partial charge in [0.15, 0.2) is 0 Å². The second kappa shape index (κ2) is 12.2. The topological polar surface area (TPSA) is 74.3 Å². The highest BCUT2D eigenvalue weighted by molar-refractivity contribution is 7.89. The number of rotatable bonds is 10. The zero-order valence-electron chi connectivity index (χ0n) is 25.5. The Morgan fingerprint density at radius 3 is 1.42 bits per heavy atom. The van der Waals surface area contributed by atoms with E-state index < -0.39 is 28.3 Å². The van der Waals surface area contributed by atoms with E-state index in [1.54, 1.807) is 26.4 Å². The molecule has 0 saturated carbocycles. The van der Waals surface area contributed by atoms with Crippen LogP contribution >= 0.6 is 0 Å².